The smallest absolute Gasteiger partial charge is 0.255 e. The van der Waals surface area contributed by atoms with Gasteiger partial charge < -0.3 is 24.6 Å². The van der Waals surface area contributed by atoms with Gasteiger partial charge in [0.2, 0.25) is 0 Å². The van der Waals surface area contributed by atoms with E-state index < -0.39 is 0 Å². The van der Waals surface area contributed by atoms with Crippen LogP contribution in [0.2, 0.25) is 0 Å². The summed E-state index contributed by atoms with van der Waals surface area (Å²) in [6, 6.07) is 9.89. The molecule has 0 unspecified atom stereocenters. The number of methoxy groups -OCH3 is 3. The maximum absolute atomic E-state index is 12.3. The van der Waals surface area contributed by atoms with Gasteiger partial charge in [-0.05, 0) is 29.8 Å². The van der Waals surface area contributed by atoms with Crippen LogP contribution in [-0.4, -0.2) is 32.3 Å². The summed E-state index contributed by atoms with van der Waals surface area (Å²) in [7, 11) is 4.52. The molecule has 0 aliphatic rings. The zero-order chi connectivity index (χ0) is 16.8. The first-order chi connectivity index (χ1) is 11.1. The lowest BCUT2D eigenvalue weighted by molar-refractivity contribution is 0.0948. The van der Waals surface area contributed by atoms with Crippen LogP contribution in [0, 0.1) is 0 Å². The van der Waals surface area contributed by atoms with Crippen LogP contribution in [0.25, 0.3) is 0 Å². The molecule has 2 aromatic carbocycles. The largest absolute Gasteiger partial charge is 0.504 e. The monoisotopic (exact) mass is 317 g/mol. The van der Waals surface area contributed by atoms with E-state index in [1.807, 2.05) is 0 Å². The Kier molecular flexibility index (Phi) is 5.30. The molecule has 0 aromatic heterocycles. The Labute approximate surface area is 134 Å². The molecule has 0 saturated heterocycles. The second kappa shape index (κ2) is 7.40. The molecular weight excluding hydrogens is 298 g/mol. The van der Waals surface area contributed by atoms with Gasteiger partial charge >= 0.3 is 0 Å². The lowest BCUT2D eigenvalue weighted by Crippen LogP contribution is -2.23. The zero-order valence-electron chi connectivity index (χ0n) is 13.3. The summed E-state index contributed by atoms with van der Waals surface area (Å²) in [6.45, 7) is 0.296. The molecule has 2 rings (SSSR count). The quantitative estimate of drug-likeness (QED) is 0.855. The molecule has 23 heavy (non-hydrogen) atoms. The minimum atomic E-state index is -0.267. The van der Waals surface area contributed by atoms with E-state index in [0.29, 0.717) is 29.4 Å². The predicted octanol–water partition coefficient (Wildman–Crippen LogP) is 2.35. The minimum Gasteiger partial charge on any atom is -0.504 e. The van der Waals surface area contributed by atoms with E-state index >= 15 is 0 Å². The second-order valence-corrected chi connectivity index (χ2v) is 4.76. The van der Waals surface area contributed by atoms with E-state index in [4.69, 9.17) is 14.2 Å². The van der Waals surface area contributed by atoms with E-state index in [2.05, 4.69) is 5.32 Å². The molecule has 0 aliphatic carbocycles. The van der Waals surface area contributed by atoms with Crippen LogP contribution in [0.3, 0.4) is 0 Å². The highest BCUT2D eigenvalue weighted by Gasteiger charge is 2.13. The molecule has 0 aliphatic heterocycles. The Hall–Kier alpha value is -2.89. The van der Waals surface area contributed by atoms with Crippen LogP contribution >= 0.6 is 0 Å². The van der Waals surface area contributed by atoms with Crippen molar-refractivity contribution in [3.8, 4) is 23.0 Å². The third-order valence-electron chi connectivity index (χ3n) is 3.35. The minimum absolute atomic E-state index is 0.0550. The normalized spacial score (nSPS) is 10.0. The number of carbonyl (C=O) groups excluding carboxylic acids is 1. The molecule has 0 spiro atoms. The van der Waals surface area contributed by atoms with Gasteiger partial charge in [-0.1, -0.05) is 6.07 Å². The number of ether oxygens (including phenoxy) is 3. The highest BCUT2D eigenvalue weighted by Crippen LogP contribution is 2.27. The van der Waals surface area contributed by atoms with Crippen molar-refractivity contribution >= 4 is 5.91 Å². The second-order valence-electron chi connectivity index (χ2n) is 4.76. The Bertz CT molecular complexity index is 699. The molecule has 122 valence electrons. The van der Waals surface area contributed by atoms with Crippen molar-refractivity contribution in [2.24, 2.45) is 0 Å². The molecule has 0 heterocycles. The van der Waals surface area contributed by atoms with E-state index in [1.54, 1.807) is 37.4 Å². The molecule has 6 heteroatoms. The highest BCUT2D eigenvalue weighted by atomic mass is 16.5. The Balaban J connectivity index is 2.10. The molecule has 0 saturated carbocycles. The van der Waals surface area contributed by atoms with Crippen molar-refractivity contribution in [3.05, 3.63) is 47.5 Å². The van der Waals surface area contributed by atoms with Crippen molar-refractivity contribution in [3.63, 3.8) is 0 Å². The lowest BCUT2D eigenvalue weighted by atomic mass is 10.1. The van der Waals surface area contributed by atoms with E-state index in [0.717, 1.165) is 5.56 Å². The van der Waals surface area contributed by atoms with Gasteiger partial charge in [0.25, 0.3) is 5.91 Å². The van der Waals surface area contributed by atoms with Crippen LogP contribution in [-0.2, 0) is 6.54 Å². The first kappa shape index (κ1) is 16.5. The Morgan fingerprint density at radius 2 is 1.74 bits per heavy atom. The van der Waals surface area contributed by atoms with Crippen LogP contribution in [0.15, 0.2) is 36.4 Å². The summed E-state index contributed by atoms with van der Waals surface area (Å²) in [5.41, 5.74) is 1.22. The summed E-state index contributed by atoms with van der Waals surface area (Å²) in [4.78, 5) is 12.3. The van der Waals surface area contributed by atoms with Gasteiger partial charge in [0, 0.05) is 12.6 Å². The average molecular weight is 317 g/mol. The zero-order valence-corrected chi connectivity index (χ0v) is 13.3. The number of aromatic hydroxyl groups is 1. The summed E-state index contributed by atoms with van der Waals surface area (Å²) in [6.07, 6.45) is 0. The number of phenols is 1. The standard InChI is InChI=1S/C17H19NO5/c1-21-12-5-6-13(15(9-12)22-2)17(20)18-10-11-4-7-14(19)16(8-11)23-3/h4-9,19H,10H2,1-3H3,(H,18,20). The van der Waals surface area contributed by atoms with Gasteiger partial charge in [-0.25, -0.2) is 0 Å². The summed E-state index contributed by atoms with van der Waals surface area (Å²) in [5.74, 6) is 1.20. The van der Waals surface area contributed by atoms with Gasteiger partial charge in [-0.3, -0.25) is 4.79 Å². The van der Waals surface area contributed by atoms with Crippen LogP contribution in [0.4, 0.5) is 0 Å². The van der Waals surface area contributed by atoms with Crippen LogP contribution < -0.4 is 19.5 Å². The van der Waals surface area contributed by atoms with Gasteiger partial charge in [0.1, 0.15) is 11.5 Å². The van der Waals surface area contributed by atoms with Crippen molar-refractivity contribution in [1.82, 2.24) is 5.32 Å². The fraction of sp³-hybridized carbons (Fsp3) is 0.235. The number of amides is 1. The molecule has 0 fully saturated rings. The average Bonchev–Trinajstić information content (AvgIpc) is 2.60. The lowest BCUT2D eigenvalue weighted by Gasteiger charge is -2.11. The van der Waals surface area contributed by atoms with Crippen molar-refractivity contribution in [1.29, 1.82) is 0 Å². The van der Waals surface area contributed by atoms with Crippen molar-refractivity contribution < 1.29 is 24.1 Å². The molecular formula is C17H19NO5. The van der Waals surface area contributed by atoms with Crippen molar-refractivity contribution in [2.75, 3.05) is 21.3 Å². The van der Waals surface area contributed by atoms with Gasteiger partial charge in [0.15, 0.2) is 11.5 Å². The van der Waals surface area contributed by atoms with Gasteiger partial charge in [-0.15, -0.1) is 0 Å². The van der Waals surface area contributed by atoms with Gasteiger partial charge in [0.05, 0.1) is 26.9 Å². The maximum Gasteiger partial charge on any atom is 0.255 e. The van der Waals surface area contributed by atoms with Crippen LogP contribution in [0.5, 0.6) is 23.0 Å². The molecule has 2 aromatic rings. The number of carbonyl (C=O) groups is 1. The molecule has 0 radical (unpaired) electrons. The number of hydrogen-bond acceptors (Lipinski definition) is 5. The summed E-state index contributed by atoms with van der Waals surface area (Å²) in [5, 5.41) is 12.4. The third kappa shape index (κ3) is 3.85. The first-order valence-corrected chi connectivity index (χ1v) is 6.95. The predicted molar refractivity (Wildman–Crippen MR) is 85.4 cm³/mol. The van der Waals surface area contributed by atoms with E-state index in [1.165, 1.54) is 20.3 Å². The maximum atomic E-state index is 12.3. The highest BCUT2D eigenvalue weighted by molar-refractivity contribution is 5.97. The number of hydrogen-bond donors (Lipinski definition) is 2. The number of rotatable bonds is 6. The first-order valence-electron chi connectivity index (χ1n) is 6.95. The molecule has 0 atom stereocenters. The molecule has 0 bridgehead atoms. The van der Waals surface area contributed by atoms with Crippen molar-refractivity contribution in [2.45, 2.75) is 6.54 Å². The number of benzene rings is 2. The fourth-order valence-electron chi connectivity index (χ4n) is 2.10. The number of phenolic OH excluding ortho intramolecular Hbond substituents is 1. The Morgan fingerprint density at radius 1 is 1.00 bits per heavy atom. The van der Waals surface area contributed by atoms with Gasteiger partial charge in [-0.2, -0.15) is 0 Å². The third-order valence-corrected chi connectivity index (χ3v) is 3.35. The fourth-order valence-corrected chi connectivity index (χ4v) is 2.10. The van der Waals surface area contributed by atoms with E-state index in [-0.39, 0.29) is 11.7 Å². The molecule has 6 nitrogen and oxygen atoms in total. The van der Waals surface area contributed by atoms with Crippen LogP contribution in [0.1, 0.15) is 15.9 Å². The van der Waals surface area contributed by atoms with E-state index in [9.17, 15) is 9.90 Å². The topological polar surface area (TPSA) is 77.0 Å². The SMILES string of the molecule is COc1ccc(C(=O)NCc2ccc(O)c(OC)c2)c(OC)c1. The molecule has 1 amide bonds. The molecule has 2 N–H and O–H groups in total. The summed E-state index contributed by atoms with van der Waals surface area (Å²) < 4.78 is 15.4. The summed E-state index contributed by atoms with van der Waals surface area (Å²) >= 11 is 0. The Morgan fingerprint density at radius 3 is 2.39 bits per heavy atom. The number of nitrogens with one attached hydrogen (secondary N) is 1.